The molecule has 41 heavy (non-hydrogen) atoms. The van der Waals surface area contributed by atoms with Crippen LogP contribution in [-0.2, 0) is 11.0 Å². The second kappa shape index (κ2) is 11.3. The number of amidine groups is 1. The number of hydrogen-bond donors (Lipinski definition) is 0. The summed E-state index contributed by atoms with van der Waals surface area (Å²) in [6, 6.07) is 19.0. The maximum atomic E-state index is 13.5. The molecule has 3 amide bonds. The SMILES string of the molecule is CN1C(=O)/C(=N\C(N(c2ccccc2C#N)c2ccccc2C#N)C(Cl)(Cl)Cl)N(c2cccc(C(F)(F)F)c2)C1=O. The summed E-state index contributed by atoms with van der Waals surface area (Å²) in [5.41, 5.74) is -0.954. The van der Waals surface area contributed by atoms with Gasteiger partial charge in [-0.15, -0.1) is 0 Å². The first kappa shape index (κ1) is 29.7. The molecule has 0 spiro atoms. The zero-order chi connectivity index (χ0) is 30.1. The molecule has 1 unspecified atom stereocenters. The molecule has 8 nitrogen and oxygen atoms in total. The molecular formula is C27H16Cl3F3N6O2. The molecule has 1 aliphatic heterocycles. The highest BCUT2D eigenvalue weighted by atomic mass is 35.6. The molecule has 1 fully saturated rings. The molecular weight excluding hydrogens is 604 g/mol. The van der Waals surface area contributed by atoms with Crippen LogP contribution in [-0.4, -0.2) is 39.7 Å². The topological polar surface area (TPSA) is 104 Å². The second-order valence-corrected chi connectivity index (χ2v) is 10.9. The number of rotatable bonds is 5. The number of nitriles is 2. The Balaban J connectivity index is 2.01. The van der Waals surface area contributed by atoms with E-state index in [2.05, 4.69) is 4.99 Å². The molecule has 0 N–H and O–H groups in total. The third kappa shape index (κ3) is 5.79. The van der Waals surface area contributed by atoms with Gasteiger partial charge in [-0.25, -0.2) is 14.7 Å². The van der Waals surface area contributed by atoms with Crippen LogP contribution in [0.1, 0.15) is 16.7 Å². The minimum Gasteiger partial charge on any atom is -0.312 e. The first-order valence-corrected chi connectivity index (χ1v) is 12.6. The van der Waals surface area contributed by atoms with E-state index in [9.17, 15) is 33.3 Å². The molecule has 0 aromatic heterocycles. The molecule has 1 atom stereocenters. The Hall–Kier alpha value is -4.29. The number of hydrogen-bond acceptors (Lipinski definition) is 6. The summed E-state index contributed by atoms with van der Waals surface area (Å²) in [6.45, 7) is 0. The highest BCUT2D eigenvalue weighted by molar-refractivity contribution is 6.68. The summed E-state index contributed by atoms with van der Waals surface area (Å²) in [5.74, 6) is -1.64. The fourth-order valence-corrected chi connectivity index (χ4v) is 4.52. The second-order valence-electron chi connectivity index (χ2n) is 8.53. The van der Waals surface area contributed by atoms with Gasteiger partial charge in [0.05, 0.1) is 33.8 Å². The standard InChI is InChI=1S/C27H16Cl3F3N6O2/c1-37-23(40)22(38(25(37)41)19-10-6-9-18(13-19)27(31,32)33)36-24(26(28,29)30)39(20-11-4-2-7-16(20)14-34)21-12-5-3-8-17(21)15-35/h2-13,24H,1H3/b36-22+. The molecule has 208 valence electrons. The smallest absolute Gasteiger partial charge is 0.312 e. The molecule has 0 aliphatic carbocycles. The molecule has 0 radical (unpaired) electrons. The Morgan fingerprint density at radius 1 is 0.878 bits per heavy atom. The van der Waals surface area contributed by atoms with Crippen molar-refractivity contribution in [3.8, 4) is 12.1 Å². The fourth-order valence-electron chi connectivity index (χ4n) is 4.08. The highest BCUT2D eigenvalue weighted by Gasteiger charge is 2.46. The number of imide groups is 1. The summed E-state index contributed by atoms with van der Waals surface area (Å²) in [5, 5.41) is 19.6. The van der Waals surface area contributed by atoms with Crippen LogP contribution in [0.15, 0.2) is 77.8 Å². The highest BCUT2D eigenvalue weighted by Crippen LogP contribution is 2.43. The van der Waals surface area contributed by atoms with Crippen LogP contribution in [0, 0.1) is 22.7 Å². The molecule has 14 heteroatoms. The van der Waals surface area contributed by atoms with Gasteiger partial charge < -0.3 is 4.90 Å². The van der Waals surface area contributed by atoms with Gasteiger partial charge in [-0.2, -0.15) is 23.7 Å². The third-order valence-corrected chi connectivity index (χ3v) is 6.55. The van der Waals surface area contributed by atoms with Gasteiger partial charge in [0.2, 0.25) is 9.63 Å². The van der Waals surface area contributed by atoms with Crippen LogP contribution < -0.4 is 9.80 Å². The van der Waals surface area contributed by atoms with E-state index in [1.165, 1.54) is 35.2 Å². The van der Waals surface area contributed by atoms with Crippen LogP contribution in [0.2, 0.25) is 0 Å². The summed E-state index contributed by atoms with van der Waals surface area (Å²) < 4.78 is 38.0. The summed E-state index contributed by atoms with van der Waals surface area (Å²) in [6.07, 6.45) is -6.46. The van der Waals surface area contributed by atoms with E-state index < -0.39 is 39.5 Å². The third-order valence-electron chi connectivity index (χ3n) is 5.97. The van der Waals surface area contributed by atoms with Crippen molar-refractivity contribution in [3.05, 3.63) is 89.5 Å². The van der Waals surface area contributed by atoms with Crippen LogP contribution in [0.4, 0.5) is 35.0 Å². The van der Waals surface area contributed by atoms with Crippen molar-refractivity contribution in [3.63, 3.8) is 0 Å². The van der Waals surface area contributed by atoms with E-state index in [0.717, 1.165) is 19.2 Å². The van der Waals surface area contributed by atoms with E-state index in [-0.39, 0.29) is 28.2 Å². The van der Waals surface area contributed by atoms with E-state index in [1.807, 2.05) is 12.1 Å². The lowest BCUT2D eigenvalue weighted by atomic mass is 10.1. The van der Waals surface area contributed by atoms with Gasteiger partial charge in [-0.05, 0) is 42.5 Å². The average molecular weight is 620 g/mol. The first-order valence-electron chi connectivity index (χ1n) is 11.5. The van der Waals surface area contributed by atoms with Crippen molar-refractivity contribution >= 4 is 69.6 Å². The number of para-hydroxylation sites is 2. The van der Waals surface area contributed by atoms with Gasteiger partial charge in [0, 0.05) is 7.05 Å². The summed E-state index contributed by atoms with van der Waals surface area (Å²) in [7, 11) is 1.12. The lowest BCUT2D eigenvalue weighted by molar-refractivity contribution is -0.137. The van der Waals surface area contributed by atoms with Crippen LogP contribution in [0.25, 0.3) is 0 Å². The number of urea groups is 1. The molecule has 3 aromatic carbocycles. The Morgan fingerprint density at radius 2 is 1.41 bits per heavy atom. The maximum absolute atomic E-state index is 13.5. The Labute approximate surface area is 247 Å². The van der Waals surface area contributed by atoms with E-state index in [0.29, 0.717) is 15.9 Å². The van der Waals surface area contributed by atoms with Gasteiger partial charge in [0.25, 0.3) is 5.91 Å². The van der Waals surface area contributed by atoms with Crippen LogP contribution >= 0.6 is 34.8 Å². The predicted octanol–water partition coefficient (Wildman–Crippen LogP) is 6.78. The number of carbonyl (C=O) groups excluding carboxylic acids is 2. The molecule has 0 bridgehead atoms. The molecule has 1 aliphatic rings. The zero-order valence-corrected chi connectivity index (χ0v) is 23.0. The number of alkyl halides is 6. The largest absolute Gasteiger partial charge is 0.416 e. The Kier molecular flexibility index (Phi) is 8.18. The minimum absolute atomic E-state index is 0.0837. The van der Waals surface area contributed by atoms with E-state index in [4.69, 9.17) is 34.8 Å². The lowest BCUT2D eigenvalue weighted by Crippen LogP contribution is -2.43. The van der Waals surface area contributed by atoms with Gasteiger partial charge in [-0.1, -0.05) is 65.1 Å². The molecule has 1 saturated heterocycles. The number of benzene rings is 3. The number of aliphatic imine (C=N–C) groups is 1. The van der Waals surface area contributed by atoms with Crippen molar-refractivity contribution in [2.24, 2.45) is 4.99 Å². The van der Waals surface area contributed by atoms with Gasteiger partial charge >= 0.3 is 12.2 Å². The Morgan fingerprint density at radius 3 is 1.90 bits per heavy atom. The Bertz CT molecular complexity index is 1580. The molecule has 4 rings (SSSR count). The van der Waals surface area contributed by atoms with Crippen LogP contribution in [0.3, 0.4) is 0 Å². The van der Waals surface area contributed by atoms with Gasteiger partial charge in [0.1, 0.15) is 12.1 Å². The lowest BCUT2D eigenvalue weighted by Gasteiger charge is -2.36. The first-order chi connectivity index (χ1) is 19.3. The van der Waals surface area contributed by atoms with Gasteiger partial charge in [0.15, 0.2) is 6.17 Å². The maximum Gasteiger partial charge on any atom is 0.416 e. The summed E-state index contributed by atoms with van der Waals surface area (Å²) >= 11 is 19.2. The van der Waals surface area contributed by atoms with Crippen LogP contribution in [0.5, 0.6) is 0 Å². The number of likely N-dealkylation sites (N-methyl/N-ethyl adjacent to an activating group) is 1. The van der Waals surface area contributed by atoms with Crippen molar-refractivity contribution < 1.29 is 22.8 Å². The quantitative estimate of drug-likeness (QED) is 0.231. The minimum atomic E-state index is -4.75. The number of anilines is 3. The summed E-state index contributed by atoms with van der Waals surface area (Å²) in [4.78, 5) is 33.2. The van der Waals surface area contributed by atoms with Crippen molar-refractivity contribution in [2.45, 2.75) is 16.1 Å². The number of carbonyl (C=O) groups is 2. The van der Waals surface area contributed by atoms with Crippen molar-refractivity contribution in [1.82, 2.24) is 4.90 Å². The molecule has 1 heterocycles. The normalized spacial score (nSPS) is 15.6. The number of amides is 3. The van der Waals surface area contributed by atoms with E-state index in [1.54, 1.807) is 24.3 Å². The molecule has 0 saturated carbocycles. The van der Waals surface area contributed by atoms with Crippen molar-refractivity contribution in [2.75, 3.05) is 16.8 Å². The zero-order valence-electron chi connectivity index (χ0n) is 20.8. The average Bonchev–Trinajstić information content (AvgIpc) is 3.15. The monoisotopic (exact) mass is 618 g/mol. The fraction of sp³-hybridized carbons (Fsp3) is 0.148. The van der Waals surface area contributed by atoms with Crippen molar-refractivity contribution in [1.29, 1.82) is 10.5 Å². The molecule has 3 aromatic rings. The number of halogens is 6. The van der Waals surface area contributed by atoms with Gasteiger partial charge in [-0.3, -0.25) is 9.69 Å². The van der Waals surface area contributed by atoms with E-state index >= 15 is 0 Å². The number of nitrogens with zero attached hydrogens (tertiary/aromatic N) is 6. The predicted molar refractivity (Wildman–Crippen MR) is 148 cm³/mol.